The largest absolute Gasteiger partial charge is 0.481 e. The standard InChI is InChI=1S/C16H24N2O3/c1-12(6-7-13-5-3-10-18(13)2)17-14(19)11-16(15(20)21)8-4-9-16/h3,5,10,12H,4,6-9,11H2,1-2H3,(H,17,19)(H,20,21). The fourth-order valence-electron chi connectivity index (χ4n) is 2.90. The molecule has 1 aromatic heterocycles. The van der Waals surface area contributed by atoms with Crippen molar-refractivity contribution in [1.82, 2.24) is 9.88 Å². The Labute approximate surface area is 125 Å². The molecule has 1 saturated carbocycles. The van der Waals surface area contributed by atoms with E-state index in [2.05, 4.69) is 16.0 Å². The van der Waals surface area contributed by atoms with Crippen molar-refractivity contribution in [3.63, 3.8) is 0 Å². The van der Waals surface area contributed by atoms with Crippen molar-refractivity contribution < 1.29 is 14.7 Å². The summed E-state index contributed by atoms with van der Waals surface area (Å²) in [4.78, 5) is 23.3. The number of aromatic nitrogens is 1. The molecule has 0 spiro atoms. The molecule has 1 aromatic rings. The lowest BCUT2D eigenvalue weighted by atomic mass is 9.66. The summed E-state index contributed by atoms with van der Waals surface area (Å²) in [5.41, 5.74) is 0.430. The summed E-state index contributed by atoms with van der Waals surface area (Å²) in [6.07, 6.45) is 6.00. The maximum absolute atomic E-state index is 12.0. The summed E-state index contributed by atoms with van der Waals surface area (Å²) in [5.74, 6) is -0.975. The SMILES string of the molecule is CC(CCc1cccn1C)NC(=O)CC1(C(=O)O)CCC1. The molecule has 1 fully saturated rings. The summed E-state index contributed by atoms with van der Waals surface area (Å²) in [5, 5.41) is 12.2. The Balaban J connectivity index is 1.77. The van der Waals surface area contributed by atoms with Crippen molar-refractivity contribution in [2.45, 2.75) is 51.5 Å². The van der Waals surface area contributed by atoms with Crippen molar-refractivity contribution in [2.75, 3.05) is 0 Å². The van der Waals surface area contributed by atoms with Crippen LogP contribution < -0.4 is 5.32 Å². The van der Waals surface area contributed by atoms with Gasteiger partial charge >= 0.3 is 5.97 Å². The van der Waals surface area contributed by atoms with Gasteiger partial charge in [-0.2, -0.15) is 0 Å². The first-order valence-electron chi connectivity index (χ1n) is 7.56. The highest BCUT2D eigenvalue weighted by Crippen LogP contribution is 2.44. The Kier molecular flexibility index (Phi) is 4.70. The minimum absolute atomic E-state index is 0.0540. The molecule has 116 valence electrons. The van der Waals surface area contributed by atoms with Gasteiger partial charge in [-0.05, 0) is 44.7 Å². The number of carbonyl (C=O) groups is 2. The predicted octanol–water partition coefficient (Wildman–Crippen LogP) is 2.11. The van der Waals surface area contributed by atoms with Crippen molar-refractivity contribution in [1.29, 1.82) is 0 Å². The highest BCUT2D eigenvalue weighted by atomic mass is 16.4. The molecule has 1 unspecified atom stereocenters. The molecule has 5 nitrogen and oxygen atoms in total. The van der Waals surface area contributed by atoms with Gasteiger partial charge in [-0.25, -0.2) is 0 Å². The molecular formula is C16H24N2O3. The van der Waals surface area contributed by atoms with Crippen LogP contribution in [0.25, 0.3) is 0 Å². The number of aliphatic carboxylic acids is 1. The van der Waals surface area contributed by atoms with Crippen LogP contribution in [0.3, 0.4) is 0 Å². The Morgan fingerprint density at radius 1 is 1.48 bits per heavy atom. The van der Waals surface area contributed by atoms with Crippen LogP contribution in [-0.2, 0) is 23.1 Å². The summed E-state index contributed by atoms with van der Waals surface area (Å²) in [6.45, 7) is 1.97. The molecule has 0 bridgehead atoms. The molecule has 1 heterocycles. The van der Waals surface area contributed by atoms with Crippen LogP contribution in [-0.4, -0.2) is 27.6 Å². The molecule has 2 rings (SSSR count). The third-order valence-electron chi connectivity index (χ3n) is 4.56. The maximum Gasteiger partial charge on any atom is 0.310 e. The van der Waals surface area contributed by atoms with E-state index >= 15 is 0 Å². The molecule has 0 saturated heterocycles. The third-order valence-corrected chi connectivity index (χ3v) is 4.56. The Morgan fingerprint density at radius 2 is 2.19 bits per heavy atom. The van der Waals surface area contributed by atoms with Crippen LogP contribution in [0, 0.1) is 5.41 Å². The first kappa shape index (κ1) is 15.6. The zero-order chi connectivity index (χ0) is 15.5. The number of carbonyl (C=O) groups excluding carboxylic acids is 1. The summed E-state index contributed by atoms with van der Waals surface area (Å²) < 4.78 is 2.07. The van der Waals surface area contributed by atoms with E-state index in [0.717, 1.165) is 19.3 Å². The van der Waals surface area contributed by atoms with Gasteiger partial charge in [0, 0.05) is 31.4 Å². The number of aryl methyl sites for hydroxylation is 2. The summed E-state index contributed by atoms with van der Waals surface area (Å²) >= 11 is 0. The first-order chi connectivity index (χ1) is 9.93. The van der Waals surface area contributed by atoms with E-state index in [1.807, 2.05) is 26.2 Å². The van der Waals surface area contributed by atoms with Gasteiger partial charge in [0.2, 0.25) is 5.91 Å². The number of carboxylic acids is 1. The average Bonchev–Trinajstić information content (AvgIpc) is 2.76. The van der Waals surface area contributed by atoms with E-state index in [9.17, 15) is 14.7 Å². The minimum Gasteiger partial charge on any atom is -0.481 e. The summed E-state index contributed by atoms with van der Waals surface area (Å²) in [7, 11) is 2.01. The van der Waals surface area contributed by atoms with Gasteiger partial charge in [-0.15, -0.1) is 0 Å². The normalized spacial score (nSPS) is 17.8. The number of rotatable bonds is 7. The quantitative estimate of drug-likeness (QED) is 0.808. The van der Waals surface area contributed by atoms with Gasteiger partial charge in [0.1, 0.15) is 0 Å². The highest BCUT2D eigenvalue weighted by Gasteiger charge is 2.45. The molecule has 1 amide bonds. The Morgan fingerprint density at radius 3 is 2.67 bits per heavy atom. The highest BCUT2D eigenvalue weighted by molar-refractivity contribution is 5.85. The van der Waals surface area contributed by atoms with Crippen molar-refractivity contribution >= 4 is 11.9 Å². The lowest BCUT2D eigenvalue weighted by molar-refractivity contribution is -0.157. The van der Waals surface area contributed by atoms with Crippen LogP contribution in [0.1, 0.15) is 44.7 Å². The third kappa shape index (κ3) is 3.65. The monoisotopic (exact) mass is 292 g/mol. The van der Waals surface area contributed by atoms with Gasteiger partial charge in [-0.1, -0.05) is 6.42 Å². The van der Waals surface area contributed by atoms with Gasteiger partial charge < -0.3 is 15.0 Å². The zero-order valence-electron chi connectivity index (χ0n) is 12.8. The van der Waals surface area contributed by atoms with Crippen molar-refractivity contribution in [3.05, 3.63) is 24.0 Å². The first-order valence-corrected chi connectivity index (χ1v) is 7.56. The minimum atomic E-state index is -0.833. The van der Waals surface area contributed by atoms with Crippen LogP contribution in [0.15, 0.2) is 18.3 Å². The molecule has 1 aliphatic rings. The summed E-state index contributed by atoms with van der Waals surface area (Å²) in [6, 6.07) is 4.13. The van der Waals surface area contributed by atoms with Crippen molar-refractivity contribution in [3.8, 4) is 0 Å². The van der Waals surface area contributed by atoms with Crippen molar-refractivity contribution in [2.24, 2.45) is 12.5 Å². The smallest absolute Gasteiger partial charge is 0.310 e. The van der Waals surface area contributed by atoms with Crippen LogP contribution in [0.4, 0.5) is 0 Å². The zero-order valence-corrected chi connectivity index (χ0v) is 12.8. The van der Waals surface area contributed by atoms with E-state index < -0.39 is 11.4 Å². The van der Waals surface area contributed by atoms with Gasteiger partial charge in [0.25, 0.3) is 0 Å². The fourth-order valence-corrected chi connectivity index (χ4v) is 2.90. The van der Waals surface area contributed by atoms with Crippen LogP contribution in [0.2, 0.25) is 0 Å². The molecule has 0 aliphatic heterocycles. The number of carboxylic acid groups (broad SMARTS) is 1. The lowest BCUT2D eigenvalue weighted by Crippen LogP contribution is -2.44. The second-order valence-corrected chi connectivity index (χ2v) is 6.23. The number of nitrogens with zero attached hydrogens (tertiary/aromatic N) is 1. The number of amides is 1. The van der Waals surface area contributed by atoms with Crippen LogP contribution >= 0.6 is 0 Å². The predicted molar refractivity (Wildman–Crippen MR) is 79.9 cm³/mol. The molecule has 2 N–H and O–H groups in total. The topological polar surface area (TPSA) is 71.3 Å². The van der Waals surface area contributed by atoms with Gasteiger partial charge in [-0.3, -0.25) is 9.59 Å². The van der Waals surface area contributed by atoms with Gasteiger partial charge in [0.05, 0.1) is 5.41 Å². The number of hydrogen-bond acceptors (Lipinski definition) is 2. The van der Waals surface area contributed by atoms with E-state index in [4.69, 9.17) is 0 Å². The van der Waals surface area contributed by atoms with E-state index in [-0.39, 0.29) is 18.4 Å². The lowest BCUT2D eigenvalue weighted by Gasteiger charge is -2.37. The second-order valence-electron chi connectivity index (χ2n) is 6.23. The van der Waals surface area contributed by atoms with Gasteiger partial charge in [0.15, 0.2) is 0 Å². The fraction of sp³-hybridized carbons (Fsp3) is 0.625. The molecule has 1 atom stereocenters. The molecule has 21 heavy (non-hydrogen) atoms. The number of nitrogens with one attached hydrogen (secondary N) is 1. The molecule has 1 aliphatic carbocycles. The van der Waals surface area contributed by atoms with E-state index in [1.165, 1.54) is 5.69 Å². The maximum atomic E-state index is 12.0. The average molecular weight is 292 g/mol. The van der Waals surface area contributed by atoms with Crippen LogP contribution in [0.5, 0.6) is 0 Å². The van der Waals surface area contributed by atoms with E-state index in [1.54, 1.807) is 0 Å². The second kappa shape index (κ2) is 6.33. The number of hydrogen-bond donors (Lipinski definition) is 2. The molecular weight excluding hydrogens is 268 g/mol. The molecule has 0 radical (unpaired) electrons. The Hall–Kier alpha value is -1.78. The molecule has 5 heteroatoms. The van der Waals surface area contributed by atoms with E-state index in [0.29, 0.717) is 12.8 Å². The molecule has 0 aromatic carbocycles. The Bertz CT molecular complexity index is 517.